The van der Waals surface area contributed by atoms with Crippen molar-refractivity contribution in [2.24, 2.45) is 0 Å². The Morgan fingerprint density at radius 2 is 2.25 bits per heavy atom. The third-order valence-corrected chi connectivity index (χ3v) is 2.59. The van der Waals surface area contributed by atoms with Crippen molar-refractivity contribution in [3.63, 3.8) is 0 Å². The number of carbonyl (C=O) groups excluding carboxylic acids is 1. The van der Waals surface area contributed by atoms with E-state index in [9.17, 15) is 4.79 Å². The van der Waals surface area contributed by atoms with Crippen LogP contribution in [0.25, 0.3) is 0 Å². The molecule has 6 nitrogen and oxygen atoms in total. The number of aromatic nitrogens is 2. The number of hydrogen-bond acceptors (Lipinski definition) is 5. The molecular formula is C14H12N4O2. The summed E-state index contributed by atoms with van der Waals surface area (Å²) in [5, 5.41) is 11.4. The minimum atomic E-state index is -0.301. The highest BCUT2D eigenvalue weighted by atomic mass is 16.5. The maximum atomic E-state index is 11.9. The van der Waals surface area contributed by atoms with Crippen molar-refractivity contribution < 1.29 is 9.53 Å². The average molecular weight is 268 g/mol. The molecule has 2 rings (SSSR count). The molecule has 0 aliphatic heterocycles. The molecule has 2 aromatic rings. The predicted octanol–water partition coefficient (Wildman–Crippen LogP) is 1.29. The number of methoxy groups -OCH3 is 1. The second-order valence-electron chi connectivity index (χ2n) is 3.93. The quantitative estimate of drug-likeness (QED) is 0.902. The van der Waals surface area contributed by atoms with Crippen molar-refractivity contribution in [1.29, 1.82) is 5.26 Å². The normalized spacial score (nSPS) is 9.60. The zero-order valence-electron chi connectivity index (χ0n) is 10.8. The number of hydrogen-bond donors (Lipinski definition) is 1. The number of nitrogens with one attached hydrogen (secondary N) is 1. The number of pyridine rings is 2. The SMILES string of the molecule is COc1cc(CNC(=O)c2ccc(C#N)cn2)ccn1. The summed E-state index contributed by atoms with van der Waals surface area (Å²) in [6.07, 6.45) is 2.98. The molecule has 0 fully saturated rings. The van der Waals surface area contributed by atoms with Crippen LogP contribution in [0.4, 0.5) is 0 Å². The number of carbonyl (C=O) groups is 1. The van der Waals surface area contributed by atoms with E-state index in [0.29, 0.717) is 18.0 Å². The van der Waals surface area contributed by atoms with Gasteiger partial charge in [0.2, 0.25) is 5.88 Å². The second kappa shape index (κ2) is 6.29. The molecule has 0 spiro atoms. The first-order chi connectivity index (χ1) is 9.72. The lowest BCUT2D eigenvalue weighted by Gasteiger charge is -2.06. The lowest BCUT2D eigenvalue weighted by Crippen LogP contribution is -2.23. The summed E-state index contributed by atoms with van der Waals surface area (Å²) >= 11 is 0. The Bertz CT molecular complexity index is 647. The van der Waals surface area contributed by atoms with Crippen molar-refractivity contribution >= 4 is 5.91 Å². The van der Waals surface area contributed by atoms with Crippen LogP contribution < -0.4 is 10.1 Å². The van der Waals surface area contributed by atoms with Crippen LogP contribution in [0.15, 0.2) is 36.7 Å². The first-order valence-corrected chi connectivity index (χ1v) is 5.86. The van der Waals surface area contributed by atoms with E-state index in [0.717, 1.165) is 5.56 Å². The molecule has 2 heterocycles. The maximum absolute atomic E-state index is 11.9. The van der Waals surface area contributed by atoms with Gasteiger partial charge in [0, 0.05) is 25.0 Å². The Kier molecular flexibility index (Phi) is 4.24. The Hall–Kier alpha value is -2.94. The van der Waals surface area contributed by atoms with Crippen LogP contribution in [0.3, 0.4) is 0 Å². The van der Waals surface area contributed by atoms with E-state index in [2.05, 4.69) is 15.3 Å². The summed E-state index contributed by atoms with van der Waals surface area (Å²) in [5.41, 5.74) is 1.56. The molecule has 0 aromatic carbocycles. The average Bonchev–Trinajstić information content (AvgIpc) is 2.53. The lowest BCUT2D eigenvalue weighted by atomic mass is 10.2. The van der Waals surface area contributed by atoms with E-state index in [-0.39, 0.29) is 11.6 Å². The third kappa shape index (κ3) is 3.29. The van der Waals surface area contributed by atoms with Gasteiger partial charge in [-0.3, -0.25) is 4.79 Å². The van der Waals surface area contributed by atoms with Crippen LogP contribution in [0, 0.1) is 11.3 Å². The van der Waals surface area contributed by atoms with Gasteiger partial charge in [-0.2, -0.15) is 5.26 Å². The second-order valence-corrected chi connectivity index (χ2v) is 3.93. The lowest BCUT2D eigenvalue weighted by molar-refractivity contribution is 0.0946. The van der Waals surface area contributed by atoms with Gasteiger partial charge in [0.1, 0.15) is 11.8 Å². The van der Waals surface area contributed by atoms with E-state index in [1.165, 1.54) is 19.4 Å². The summed E-state index contributed by atoms with van der Waals surface area (Å²) in [6.45, 7) is 0.347. The summed E-state index contributed by atoms with van der Waals surface area (Å²) in [6, 6.07) is 8.55. The van der Waals surface area contributed by atoms with E-state index in [1.54, 1.807) is 24.4 Å². The van der Waals surface area contributed by atoms with Crippen LogP contribution in [0.1, 0.15) is 21.6 Å². The maximum Gasteiger partial charge on any atom is 0.270 e. The molecule has 6 heteroatoms. The van der Waals surface area contributed by atoms with Crippen LogP contribution in [-0.2, 0) is 6.54 Å². The van der Waals surface area contributed by atoms with Crippen LogP contribution in [0.2, 0.25) is 0 Å². The molecule has 2 aromatic heterocycles. The van der Waals surface area contributed by atoms with Gasteiger partial charge in [-0.15, -0.1) is 0 Å². The van der Waals surface area contributed by atoms with E-state index in [1.807, 2.05) is 6.07 Å². The first kappa shape index (κ1) is 13.5. The van der Waals surface area contributed by atoms with E-state index in [4.69, 9.17) is 10.00 Å². The summed E-state index contributed by atoms with van der Waals surface area (Å²) < 4.78 is 5.01. The molecule has 0 saturated carbocycles. The number of nitrogens with zero attached hydrogens (tertiary/aromatic N) is 3. The molecule has 0 unspecified atom stereocenters. The minimum absolute atomic E-state index is 0.269. The number of nitriles is 1. The molecule has 0 atom stereocenters. The smallest absolute Gasteiger partial charge is 0.270 e. The number of rotatable bonds is 4. The molecule has 100 valence electrons. The highest BCUT2D eigenvalue weighted by Crippen LogP contribution is 2.08. The fraction of sp³-hybridized carbons (Fsp3) is 0.143. The highest BCUT2D eigenvalue weighted by molar-refractivity contribution is 5.92. The zero-order chi connectivity index (χ0) is 14.4. The summed E-state index contributed by atoms with van der Waals surface area (Å²) in [4.78, 5) is 19.8. The molecule has 0 aliphatic carbocycles. The van der Waals surface area contributed by atoms with Gasteiger partial charge in [-0.1, -0.05) is 0 Å². The predicted molar refractivity (Wildman–Crippen MR) is 70.9 cm³/mol. The Balaban J connectivity index is 1.99. The fourth-order valence-electron chi connectivity index (χ4n) is 1.54. The third-order valence-electron chi connectivity index (χ3n) is 2.59. The van der Waals surface area contributed by atoms with Crippen molar-refractivity contribution in [2.45, 2.75) is 6.54 Å². The van der Waals surface area contributed by atoms with Crippen LogP contribution >= 0.6 is 0 Å². The largest absolute Gasteiger partial charge is 0.481 e. The van der Waals surface area contributed by atoms with Crippen LogP contribution in [-0.4, -0.2) is 23.0 Å². The zero-order valence-corrected chi connectivity index (χ0v) is 10.8. The number of amides is 1. The summed E-state index contributed by atoms with van der Waals surface area (Å²) in [5.74, 6) is 0.193. The summed E-state index contributed by atoms with van der Waals surface area (Å²) in [7, 11) is 1.53. The van der Waals surface area contributed by atoms with Gasteiger partial charge in [-0.05, 0) is 23.8 Å². The molecule has 1 N–H and O–H groups in total. The van der Waals surface area contributed by atoms with Crippen LogP contribution in [0.5, 0.6) is 5.88 Å². The highest BCUT2D eigenvalue weighted by Gasteiger charge is 2.07. The van der Waals surface area contributed by atoms with Gasteiger partial charge in [-0.25, -0.2) is 9.97 Å². The fourth-order valence-corrected chi connectivity index (χ4v) is 1.54. The minimum Gasteiger partial charge on any atom is -0.481 e. The molecular weight excluding hydrogens is 256 g/mol. The molecule has 1 amide bonds. The molecule has 0 aliphatic rings. The molecule has 20 heavy (non-hydrogen) atoms. The standard InChI is InChI=1S/C14H12N4O2/c1-20-13-6-10(4-5-16-13)8-18-14(19)12-3-2-11(7-15)9-17-12/h2-6,9H,8H2,1H3,(H,18,19). The van der Waals surface area contributed by atoms with Crippen molar-refractivity contribution in [1.82, 2.24) is 15.3 Å². The Morgan fingerprint density at radius 3 is 2.90 bits per heavy atom. The van der Waals surface area contributed by atoms with Crippen molar-refractivity contribution in [3.05, 3.63) is 53.5 Å². The molecule has 0 saturated heterocycles. The van der Waals surface area contributed by atoms with Crippen molar-refractivity contribution in [3.8, 4) is 11.9 Å². The van der Waals surface area contributed by atoms with Gasteiger partial charge in [0.15, 0.2) is 0 Å². The van der Waals surface area contributed by atoms with Gasteiger partial charge in [0.25, 0.3) is 5.91 Å². The van der Waals surface area contributed by atoms with Gasteiger partial charge >= 0.3 is 0 Å². The topological polar surface area (TPSA) is 87.9 Å². The first-order valence-electron chi connectivity index (χ1n) is 5.86. The molecule has 0 radical (unpaired) electrons. The Morgan fingerprint density at radius 1 is 1.40 bits per heavy atom. The monoisotopic (exact) mass is 268 g/mol. The van der Waals surface area contributed by atoms with Gasteiger partial charge in [0.05, 0.1) is 12.7 Å². The van der Waals surface area contributed by atoms with Crippen molar-refractivity contribution in [2.75, 3.05) is 7.11 Å². The number of ether oxygens (including phenoxy) is 1. The van der Waals surface area contributed by atoms with E-state index >= 15 is 0 Å². The van der Waals surface area contributed by atoms with E-state index < -0.39 is 0 Å². The molecule has 0 bridgehead atoms. The Labute approximate surface area is 116 Å². The van der Waals surface area contributed by atoms with Gasteiger partial charge < -0.3 is 10.1 Å².